The molecule has 0 spiro atoms. The molecule has 0 saturated carbocycles. The normalized spacial score (nSPS) is 10.3. The third-order valence-electron chi connectivity index (χ3n) is 2.39. The molecule has 0 unspecified atom stereocenters. The van der Waals surface area contributed by atoms with E-state index in [1.807, 2.05) is 25.1 Å². The van der Waals surface area contributed by atoms with E-state index in [4.69, 9.17) is 5.41 Å². The monoisotopic (exact) mass is 325 g/mol. The number of rotatable bonds is 3. The lowest BCUT2D eigenvalue weighted by Gasteiger charge is -2.08. The first kappa shape index (κ1) is 13.0. The molecule has 0 aliphatic carbocycles. The first-order valence-corrected chi connectivity index (χ1v) is 6.98. The standard InChI is InChI=1S/C12H12BrN3OS/c1-8-2-3-10(9(13)6-8)15-11(17)7-16-4-5-18-12(16)14/h2-6,14H,7H2,1H3,(H,15,17). The van der Waals surface area contributed by atoms with Crippen molar-refractivity contribution in [1.82, 2.24) is 4.57 Å². The van der Waals surface area contributed by atoms with Gasteiger partial charge in [0.25, 0.3) is 0 Å². The first-order chi connectivity index (χ1) is 8.56. The Labute approximate surface area is 117 Å². The highest BCUT2D eigenvalue weighted by atomic mass is 79.9. The van der Waals surface area contributed by atoms with E-state index in [0.717, 1.165) is 15.7 Å². The number of aromatic nitrogens is 1. The zero-order valence-electron chi connectivity index (χ0n) is 9.74. The Morgan fingerprint density at radius 1 is 1.56 bits per heavy atom. The molecule has 0 atom stereocenters. The number of nitrogens with one attached hydrogen (secondary N) is 2. The van der Waals surface area contributed by atoms with Crippen LogP contribution in [-0.2, 0) is 11.3 Å². The van der Waals surface area contributed by atoms with Crippen molar-refractivity contribution in [3.8, 4) is 0 Å². The van der Waals surface area contributed by atoms with Crippen molar-refractivity contribution >= 4 is 38.9 Å². The summed E-state index contributed by atoms with van der Waals surface area (Å²) in [6.07, 6.45) is 1.73. The summed E-state index contributed by atoms with van der Waals surface area (Å²) in [6.45, 7) is 2.15. The number of carbonyl (C=O) groups excluding carboxylic acids is 1. The lowest BCUT2D eigenvalue weighted by Crippen LogP contribution is -2.23. The maximum absolute atomic E-state index is 11.8. The predicted octanol–water partition coefficient (Wildman–Crippen LogP) is 2.74. The van der Waals surface area contributed by atoms with E-state index in [1.54, 1.807) is 16.1 Å². The zero-order chi connectivity index (χ0) is 13.1. The molecule has 0 radical (unpaired) electrons. The van der Waals surface area contributed by atoms with Crippen LogP contribution in [0.5, 0.6) is 0 Å². The van der Waals surface area contributed by atoms with Gasteiger partial charge in [0.2, 0.25) is 5.91 Å². The Hall–Kier alpha value is -1.40. The van der Waals surface area contributed by atoms with Crippen LogP contribution in [0.2, 0.25) is 0 Å². The Balaban J connectivity index is 2.08. The second-order valence-electron chi connectivity index (χ2n) is 3.87. The van der Waals surface area contributed by atoms with Gasteiger partial charge in [-0.15, -0.1) is 11.3 Å². The van der Waals surface area contributed by atoms with Crippen LogP contribution in [0.15, 0.2) is 34.2 Å². The van der Waals surface area contributed by atoms with Gasteiger partial charge in [-0.1, -0.05) is 6.07 Å². The third-order valence-corrected chi connectivity index (χ3v) is 3.77. The lowest BCUT2D eigenvalue weighted by atomic mass is 10.2. The van der Waals surface area contributed by atoms with Crippen LogP contribution in [0.1, 0.15) is 5.56 Å². The van der Waals surface area contributed by atoms with E-state index >= 15 is 0 Å². The molecule has 94 valence electrons. The van der Waals surface area contributed by atoms with E-state index in [0.29, 0.717) is 4.80 Å². The van der Waals surface area contributed by atoms with Gasteiger partial charge in [0, 0.05) is 16.0 Å². The Kier molecular flexibility index (Phi) is 3.98. The topological polar surface area (TPSA) is 57.9 Å². The van der Waals surface area contributed by atoms with Crippen LogP contribution in [-0.4, -0.2) is 10.5 Å². The summed E-state index contributed by atoms with van der Waals surface area (Å²) in [5, 5.41) is 12.2. The van der Waals surface area contributed by atoms with Gasteiger partial charge in [-0.2, -0.15) is 0 Å². The minimum atomic E-state index is -0.142. The predicted molar refractivity (Wildman–Crippen MR) is 75.7 cm³/mol. The largest absolute Gasteiger partial charge is 0.324 e. The Bertz CT molecular complexity index is 632. The fraction of sp³-hybridized carbons (Fsp3) is 0.167. The molecule has 1 amide bonds. The van der Waals surface area contributed by atoms with E-state index < -0.39 is 0 Å². The molecule has 4 nitrogen and oxygen atoms in total. The van der Waals surface area contributed by atoms with Gasteiger partial charge in [0.05, 0.1) is 5.69 Å². The maximum Gasteiger partial charge on any atom is 0.244 e. The van der Waals surface area contributed by atoms with Crippen molar-refractivity contribution in [1.29, 1.82) is 5.41 Å². The molecular weight excluding hydrogens is 314 g/mol. The highest BCUT2D eigenvalue weighted by Crippen LogP contribution is 2.23. The highest BCUT2D eigenvalue weighted by Gasteiger charge is 2.07. The van der Waals surface area contributed by atoms with Gasteiger partial charge in [-0.05, 0) is 40.5 Å². The van der Waals surface area contributed by atoms with Crippen LogP contribution >= 0.6 is 27.3 Å². The summed E-state index contributed by atoms with van der Waals surface area (Å²) in [5.41, 5.74) is 1.87. The number of hydrogen-bond donors (Lipinski definition) is 2. The number of nitrogens with zero attached hydrogens (tertiary/aromatic N) is 1. The zero-order valence-corrected chi connectivity index (χ0v) is 12.1. The highest BCUT2D eigenvalue weighted by molar-refractivity contribution is 9.10. The second kappa shape index (κ2) is 5.49. The minimum Gasteiger partial charge on any atom is -0.324 e. The van der Waals surface area contributed by atoms with E-state index in [2.05, 4.69) is 21.2 Å². The van der Waals surface area contributed by atoms with Gasteiger partial charge >= 0.3 is 0 Å². The molecular formula is C12H12BrN3OS. The summed E-state index contributed by atoms with van der Waals surface area (Å²) >= 11 is 4.71. The van der Waals surface area contributed by atoms with Crippen LogP contribution in [0, 0.1) is 12.3 Å². The molecule has 2 aromatic rings. The molecule has 1 heterocycles. The fourth-order valence-corrected chi connectivity index (χ4v) is 2.68. The Morgan fingerprint density at radius 3 is 2.94 bits per heavy atom. The average molecular weight is 326 g/mol. The summed E-state index contributed by atoms with van der Waals surface area (Å²) < 4.78 is 2.46. The van der Waals surface area contributed by atoms with Crippen molar-refractivity contribution in [2.45, 2.75) is 13.5 Å². The van der Waals surface area contributed by atoms with Crippen molar-refractivity contribution in [2.24, 2.45) is 0 Å². The number of thiazole rings is 1. The summed E-state index contributed by atoms with van der Waals surface area (Å²) in [5.74, 6) is -0.142. The molecule has 2 rings (SSSR count). The van der Waals surface area contributed by atoms with Gasteiger partial charge in [0.15, 0.2) is 4.80 Å². The average Bonchev–Trinajstić information content (AvgIpc) is 2.69. The van der Waals surface area contributed by atoms with Crippen LogP contribution in [0.4, 0.5) is 5.69 Å². The number of hydrogen-bond acceptors (Lipinski definition) is 3. The molecule has 1 aromatic carbocycles. The van der Waals surface area contributed by atoms with Crippen LogP contribution in [0.3, 0.4) is 0 Å². The van der Waals surface area contributed by atoms with E-state index in [9.17, 15) is 4.79 Å². The van der Waals surface area contributed by atoms with Gasteiger partial charge < -0.3 is 9.88 Å². The summed E-state index contributed by atoms with van der Waals surface area (Å²) in [7, 11) is 0. The van der Waals surface area contributed by atoms with Gasteiger partial charge in [-0.3, -0.25) is 10.2 Å². The minimum absolute atomic E-state index is 0.142. The SMILES string of the molecule is Cc1ccc(NC(=O)Cn2ccsc2=N)c(Br)c1. The molecule has 0 bridgehead atoms. The molecule has 0 aliphatic rings. The first-order valence-electron chi connectivity index (χ1n) is 5.31. The van der Waals surface area contributed by atoms with Crippen molar-refractivity contribution in [2.75, 3.05) is 5.32 Å². The molecule has 0 aliphatic heterocycles. The smallest absolute Gasteiger partial charge is 0.244 e. The number of benzene rings is 1. The number of carbonyl (C=O) groups is 1. The summed E-state index contributed by atoms with van der Waals surface area (Å²) in [4.78, 5) is 12.2. The molecule has 1 aromatic heterocycles. The van der Waals surface area contributed by atoms with E-state index in [-0.39, 0.29) is 12.5 Å². The van der Waals surface area contributed by atoms with Crippen molar-refractivity contribution < 1.29 is 4.79 Å². The lowest BCUT2D eigenvalue weighted by molar-refractivity contribution is -0.116. The number of anilines is 1. The van der Waals surface area contributed by atoms with Crippen LogP contribution in [0.25, 0.3) is 0 Å². The molecule has 18 heavy (non-hydrogen) atoms. The molecule has 0 fully saturated rings. The number of aryl methyl sites for hydroxylation is 1. The molecule has 2 N–H and O–H groups in total. The number of halogens is 1. The van der Waals surface area contributed by atoms with Crippen molar-refractivity contribution in [3.05, 3.63) is 44.6 Å². The fourth-order valence-electron chi connectivity index (χ4n) is 1.49. The summed E-state index contributed by atoms with van der Waals surface area (Å²) in [6, 6.07) is 5.74. The van der Waals surface area contributed by atoms with Crippen LogP contribution < -0.4 is 10.1 Å². The molecule has 0 saturated heterocycles. The third kappa shape index (κ3) is 3.08. The van der Waals surface area contributed by atoms with Gasteiger partial charge in [0.1, 0.15) is 6.54 Å². The Morgan fingerprint density at radius 2 is 2.33 bits per heavy atom. The number of amides is 1. The molecule has 6 heteroatoms. The van der Waals surface area contributed by atoms with E-state index in [1.165, 1.54) is 11.3 Å². The quantitative estimate of drug-likeness (QED) is 0.895. The van der Waals surface area contributed by atoms with Gasteiger partial charge in [-0.25, -0.2) is 0 Å². The maximum atomic E-state index is 11.8. The van der Waals surface area contributed by atoms with Crippen molar-refractivity contribution in [3.63, 3.8) is 0 Å². The second-order valence-corrected chi connectivity index (χ2v) is 5.62.